The number of hydrogen-bond donors (Lipinski definition) is 0. The van der Waals surface area contributed by atoms with Crippen molar-refractivity contribution in [3.63, 3.8) is 0 Å². The Kier molecular flexibility index (Phi) is 1.65. The minimum absolute atomic E-state index is 0.289. The molecule has 0 amide bonds. The molecule has 1 saturated carbocycles. The fraction of sp³-hybridized carbons (Fsp3) is 0.800. The molecule has 0 spiro atoms. The zero-order valence-corrected chi connectivity index (χ0v) is 9.27. The first-order chi connectivity index (χ1) is 6.28. The SMILES string of the molecule is CC1(C)[C@@]2(C)CC[C@@]1(C(=O)Cl)OC2=O. The van der Waals surface area contributed by atoms with Crippen molar-refractivity contribution in [2.75, 3.05) is 0 Å². The van der Waals surface area contributed by atoms with Crippen LogP contribution in [0.3, 0.4) is 0 Å². The van der Waals surface area contributed by atoms with Crippen LogP contribution in [0, 0.1) is 10.8 Å². The molecule has 14 heavy (non-hydrogen) atoms. The molecule has 2 fully saturated rings. The monoisotopic (exact) mass is 216 g/mol. The van der Waals surface area contributed by atoms with Gasteiger partial charge in [-0.2, -0.15) is 0 Å². The van der Waals surface area contributed by atoms with E-state index in [1.165, 1.54) is 0 Å². The highest BCUT2D eigenvalue weighted by atomic mass is 35.5. The Balaban J connectivity index is 2.60. The lowest BCUT2D eigenvalue weighted by Crippen LogP contribution is -2.45. The Morgan fingerprint density at radius 3 is 2.14 bits per heavy atom. The van der Waals surface area contributed by atoms with Crippen molar-refractivity contribution in [3.8, 4) is 0 Å². The van der Waals surface area contributed by atoms with Gasteiger partial charge in [0.25, 0.3) is 5.24 Å². The molecule has 2 bridgehead atoms. The zero-order valence-electron chi connectivity index (χ0n) is 8.52. The Hall–Kier alpha value is -0.570. The van der Waals surface area contributed by atoms with Crippen molar-refractivity contribution < 1.29 is 14.3 Å². The summed E-state index contributed by atoms with van der Waals surface area (Å²) >= 11 is 5.56. The van der Waals surface area contributed by atoms with Crippen LogP contribution in [0.4, 0.5) is 0 Å². The van der Waals surface area contributed by atoms with E-state index in [4.69, 9.17) is 16.3 Å². The molecule has 1 aliphatic carbocycles. The first-order valence-electron chi connectivity index (χ1n) is 4.71. The summed E-state index contributed by atoms with van der Waals surface area (Å²) in [5.41, 5.74) is -2.14. The number of halogens is 1. The highest BCUT2D eigenvalue weighted by Gasteiger charge is 2.75. The normalized spacial score (nSPS) is 43.9. The minimum Gasteiger partial charge on any atom is -0.449 e. The average Bonchev–Trinajstić information content (AvgIpc) is 2.34. The second kappa shape index (κ2) is 2.32. The maximum atomic E-state index is 11.6. The zero-order chi connectivity index (χ0) is 10.8. The smallest absolute Gasteiger partial charge is 0.313 e. The fourth-order valence-electron chi connectivity index (χ4n) is 2.69. The third-order valence-electron chi connectivity index (χ3n) is 4.40. The first-order valence-corrected chi connectivity index (χ1v) is 5.09. The molecule has 1 aliphatic heterocycles. The van der Waals surface area contributed by atoms with Crippen molar-refractivity contribution >= 4 is 22.8 Å². The summed E-state index contributed by atoms with van der Waals surface area (Å²) < 4.78 is 5.21. The Labute approximate surface area is 87.8 Å². The number of fused-ring (bicyclic) bond motifs is 2. The summed E-state index contributed by atoms with van der Waals surface area (Å²) in [4.78, 5) is 23.1. The molecule has 0 radical (unpaired) electrons. The van der Waals surface area contributed by atoms with E-state index in [0.29, 0.717) is 12.8 Å². The van der Waals surface area contributed by atoms with Crippen LogP contribution >= 0.6 is 11.6 Å². The Bertz CT molecular complexity index is 336. The fourth-order valence-corrected chi connectivity index (χ4v) is 3.06. The van der Waals surface area contributed by atoms with Gasteiger partial charge in [-0.15, -0.1) is 0 Å². The molecule has 0 aromatic rings. The van der Waals surface area contributed by atoms with Crippen molar-refractivity contribution in [2.24, 2.45) is 10.8 Å². The molecular weight excluding hydrogens is 204 g/mol. The van der Waals surface area contributed by atoms with Crippen molar-refractivity contribution in [1.29, 1.82) is 0 Å². The van der Waals surface area contributed by atoms with Crippen LogP contribution in [0.5, 0.6) is 0 Å². The molecule has 1 saturated heterocycles. The van der Waals surface area contributed by atoms with Crippen LogP contribution in [0.1, 0.15) is 33.6 Å². The molecule has 0 aromatic heterocycles. The van der Waals surface area contributed by atoms with E-state index in [2.05, 4.69) is 0 Å². The Morgan fingerprint density at radius 1 is 1.36 bits per heavy atom. The van der Waals surface area contributed by atoms with Crippen molar-refractivity contribution in [1.82, 2.24) is 0 Å². The molecule has 2 atom stereocenters. The van der Waals surface area contributed by atoms with E-state index in [-0.39, 0.29) is 5.97 Å². The van der Waals surface area contributed by atoms with Gasteiger partial charge in [-0.1, -0.05) is 13.8 Å². The lowest BCUT2D eigenvalue weighted by molar-refractivity contribution is -0.164. The van der Waals surface area contributed by atoms with Crippen molar-refractivity contribution in [3.05, 3.63) is 0 Å². The van der Waals surface area contributed by atoms with Crippen LogP contribution < -0.4 is 0 Å². The molecule has 0 N–H and O–H groups in total. The van der Waals surface area contributed by atoms with Crippen LogP contribution in [-0.2, 0) is 14.3 Å². The Morgan fingerprint density at radius 2 is 1.93 bits per heavy atom. The van der Waals surface area contributed by atoms with E-state index in [1.807, 2.05) is 20.8 Å². The first kappa shape index (κ1) is 9.97. The molecule has 78 valence electrons. The van der Waals surface area contributed by atoms with E-state index in [9.17, 15) is 9.59 Å². The molecule has 2 aliphatic rings. The minimum atomic E-state index is -1.08. The highest BCUT2D eigenvalue weighted by Crippen LogP contribution is 2.66. The molecule has 4 heteroatoms. The number of hydrogen-bond acceptors (Lipinski definition) is 3. The van der Waals surface area contributed by atoms with Gasteiger partial charge < -0.3 is 4.74 Å². The van der Waals surface area contributed by atoms with Gasteiger partial charge >= 0.3 is 5.97 Å². The lowest BCUT2D eigenvalue weighted by Gasteiger charge is -2.33. The number of ether oxygens (including phenoxy) is 1. The van der Waals surface area contributed by atoms with Crippen LogP contribution in [0.25, 0.3) is 0 Å². The van der Waals surface area contributed by atoms with Gasteiger partial charge in [0, 0.05) is 5.41 Å². The van der Waals surface area contributed by atoms with Gasteiger partial charge in [-0.05, 0) is 31.4 Å². The molecule has 2 rings (SSSR count). The lowest BCUT2D eigenvalue weighted by atomic mass is 9.67. The van der Waals surface area contributed by atoms with Gasteiger partial charge in [0.05, 0.1) is 5.41 Å². The summed E-state index contributed by atoms with van der Waals surface area (Å²) in [7, 11) is 0. The van der Waals surface area contributed by atoms with E-state index >= 15 is 0 Å². The third-order valence-corrected chi connectivity index (χ3v) is 4.71. The molecule has 0 aromatic carbocycles. The molecule has 1 heterocycles. The second-order valence-electron chi connectivity index (χ2n) is 4.95. The van der Waals surface area contributed by atoms with Crippen molar-refractivity contribution in [2.45, 2.75) is 39.2 Å². The van der Waals surface area contributed by atoms with Crippen LogP contribution in [-0.4, -0.2) is 16.8 Å². The van der Waals surface area contributed by atoms with E-state index in [1.54, 1.807) is 0 Å². The summed E-state index contributed by atoms with van der Waals surface area (Å²) in [6.45, 7) is 5.61. The third kappa shape index (κ3) is 0.724. The summed E-state index contributed by atoms with van der Waals surface area (Å²) in [5.74, 6) is -0.289. The summed E-state index contributed by atoms with van der Waals surface area (Å²) in [6.07, 6.45) is 1.22. The number of rotatable bonds is 1. The molecule has 0 unspecified atom stereocenters. The van der Waals surface area contributed by atoms with Gasteiger partial charge in [-0.25, -0.2) is 0 Å². The topological polar surface area (TPSA) is 43.4 Å². The predicted molar refractivity (Wildman–Crippen MR) is 50.8 cm³/mol. The van der Waals surface area contributed by atoms with E-state index < -0.39 is 21.7 Å². The quantitative estimate of drug-likeness (QED) is 0.497. The number of carbonyl (C=O) groups excluding carboxylic acids is 2. The van der Waals surface area contributed by atoms with E-state index in [0.717, 1.165) is 0 Å². The van der Waals surface area contributed by atoms with Gasteiger partial charge in [0.1, 0.15) is 0 Å². The summed E-state index contributed by atoms with van der Waals surface area (Å²) in [5, 5.41) is -0.544. The maximum Gasteiger partial charge on any atom is 0.313 e. The standard InChI is InChI=1S/C10H13ClO3/c1-8(2)9(3)4-5-10(8,6(11)12)14-7(9)13/h4-5H2,1-3H3/t9-,10-/m0/s1. The summed E-state index contributed by atoms with van der Waals surface area (Å²) in [6, 6.07) is 0. The molecular formula is C10H13ClO3. The van der Waals surface area contributed by atoms with Crippen LogP contribution in [0.15, 0.2) is 0 Å². The number of carbonyl (C=O) groups is 2. The van der Waals surface area contributed by atoms with Gasteiger partial charge in [0.15, 0.2) is 5.60 Å². The average molecular weight is 217 g/mol. The maximum absolute atomic E-state index is 11.6. The van der Waals surface area contributed by atoms with Crippen LogP contribution in [0.2, 0.25) is 0 Å². The largest absolute Gasteiger partial charge is 0.449 e. The highest BCUT2D eigenvalue weighted by molar-refractivity contribution is 6.65. The predicted octanol–water partition coefficient (Wildman–Crippen LogP) is 1.87. The van der Waals surface area contributed by atoms with Gasteiger partial charge in [-0.3, -0.25) is 9.59 Å². The van der Waals surface area contributed by atoms with Gasteiger partial charge in [0.2, 0.25) is 0 Å². The molecule has 3 nitrogen and oxygen atoms in total. The second-order valence-corrected chi connectivity index (χ2v) is 5.29. The number of esters is 1.